The minimum absolute atomic E-state index is 0.0227. The first-order valence-corrected chi connectivity index (χ1v) is 8.96. The van der Waals surface area contributed by atoms with Gasteiger partial charge in [0.05, 0.1) is 11.8 Å². The molecule has 25 heavy (non-hydrogen) atoms. The number of thiazole rings is 1. The van der Waals surface area contributed by atoms with Crippen LogP contribution in [0.25, 0.3) is 0 Å². The number of aromatic nitrogens is 2. The van der Waals surface area contributed by atoms with Crippen molar-refractivity contribution >= 4 is 22.5 Å². The first-order chi connectivity index (χ1) is 12.1. The Labute approximate surface area is 152 Å². The topological polar surface area (TPSA) is 76.1 Å². The Morgan fingerprint density at radius 2 is 2.12 bits per heavy atom. The van der Waals surface area contributed by atoms with Crippen LogP contribution in [-0.2, 0) is 4.74 Å². The first kappa shape index (κ1) is 18.9. The van der Waals surface area contributed by atoms with Crippen molar-refractivity contribution in [2.45, 2.75) is 33.3 Å². The number of urea groups is 1. The van der Waals surface area contributed by atoms with Crippen LogP contribution in [0.5, 0.6) is 0 Å². The van der Waals surface area contributed by atoms with E-state index in [1.165, 1.54) is 11.3 Å². The van der Waals surface area contributed by atoms with E-state index in [-0.39, 0.29) is 12.1 Å². The molecular weight excluding hydrogens is 336 g/mol. The predicted octanol–water partition coefficient (Wildman–Crippen LogP) is 3.18. The van der Waals surface area contributed by atoms with Gasteiger partial charge in [0, 0.05) is 31.1 Å². The zero-order chi connectivity index (χ0) is 18.1. The molecule has 0 spiro atoms. The lowest BCUT2D eigenvalue weighted by Gasteiger charge is -2.13. The minimum atomic E-state index is -0.297. The van der Waals surface area contributed by atoms with Crippen LogP contribution in [0.1, 0.15) is 36.4 Å². The molecule has 2 N–H and O–H groups in total. The second kappa shape index (κ2) is 9.77. The van der Waals surface area contributed by atoms with Gasteiger partial charge in [-0.2, -0.15) is 0 Å². The number of ether oxygens (including phenoxy) is 1. The van der Waals surface area contributed by atoms with Crippen molar-refractivity contribution in [3.63, 3.8) is 0 Å². The maximum absolute atomic E-state index is 11.9. The number of hydrogen-bond acceptors (Lipinski definition) is 5. The third-order valence-corrected chi connectivity index (χ3v) is 4.16. The van der Waals surface area contributed by atoms with E-state index >= 15 is 0 Å². The van der Waals surface area contributed by atoms with Crippen LogP contribution < -0.4 is 10.6 Å². The predicted molar refractivity (Wildman–Crippen MR) is 99.8 cm³/mol. The van der Waals surface area contributed by atoms with E-state index in [0.29, 0.717) is 18.3 Å². The van der Waals surface area contributed by atoms with Gasteiger partial charge < -0.3 is 10.1 Å². The van der Waals surface area contributed by atoms with Gasteiger partial charge in [0.2, 0.25) is 0 Å². The van der Waals surface area contributed by atoms with Gasteiger partial charge in [-0.25, -0.2) is 9.78 Å². The van der Waals surface area contributed by atoms with Crippen LogP contribution in [0.2, 0.25) is 0 Å². The lowest BCUT2D eigenvalue weighted by atomic mass is 10.2. The fourth-order valence-corrected chi connectivity index (χ4v) is 2.70. The zero-order valence-electron chi connectivity index (χ0n) is 14.6. The molecule has 132 valence electrons. The fraction of sp³-hybridized carbons (Fsp3) is 0.389. The number of rotatable bonds is 6. The molecule has 0 radical (unpaired) electrons. The van der Waals surface area contributed by atoms with Crippen LogP contribution in [0, 0.1) is 18.8 Å². The van der Waals surface area contributed by atoms with Gasteiger partial charge in [-0.3, -0.25) is 10.3 Å². The van der Waals surface area contributed by atoms with Crippen molar-refractivity contribution in [1.29, 1.82) is 0 Å². The summed E-state index contributed by atoms with van der Waals surface area (Å²) in [6.45, 7) is 6.99. The summed E-state index contributed by atoms with van der Waals surface area (Å²) in [7, 11) is 0. The summed E-state index contributed by atoms with van der Waals surface area (Å²) in [6.07, 6.45) is 4.33. The van der Waals surface area contributed by atoms with E-state index in [1.807, 2.05) is 32.9 Å². The smallest absolute Gasteiger partial charge is 0.321 e. The molecular formula is C18H22N4O2S. The van der Waals surface area contributed by atoms with Crippen molar-refractivity contribution in [3.05, 3.63) is 40.7 Å². The summed E-state index contributed by atoms with van der Waals surface area (Å²) in [6, 6.07) is 3.39. The molecule has 6 nitrogen and oxygen atoms in total. The van der Waals surface area contributed by atoms with E-state index in [0.717, 1.165) is 22.6 Å². The third kappa shape index (κ3) is 6.53. The quantitative estimate of drug-likeness (QED) is 0.778. The number of nitrogens with one attached hydrogen (secondary N) is 2. The number of aryl methyl sites for hydroxylation is 1. The Morgan fingerprint density at radius 3 is 2.84 bits per heavy atom. The van der Waals surface area contributed by atoms with Crippen LogP contribution in [0.4, 0.5) is 9.93 Å². The van der Waals surface area contributed by atoms with Crippen molar-refractivity contribution in [2.24, 2.45) is 0 Å². The van der Waals surface area contributed by atoms with Crippen molar-refractivity contribution in [3.8, 4) is 11.8 Å². The molecule has 2 aromatic heterocycles. The molecule has 0 aliphatic rings. The number of pyridine rings is 1. The average Bonchev–Trinajstić information content (AvgIpc) is 2.96. The summed E-state index contributed by atoms with van der Waals surface area (Å²) < 4.78 is 5.51. The molecule has 0 saturated carbocycles. The van der Waals surface area contributed by atoms with Gasteiger partial charge in [-0.1, -0.05) is 24.2 Å². The van der Waals surface area contributed by atoms with E-state index in [2.05, 4.69) is 32.4 Å². The van der Waals surface area contributed by atoms with Gasteiger partial charge in [-0.05, 0) is 38.3 Å². The number of carbonyl (C=O) groups excluding carboxylic acids is 1. The summed E-state index contributed by atoms with van der Waals surface area (Å²) in [5.74, 6) is 6.15. The largest absolute Gasteiger partial charge is 0.377 e. The molecule has 2 amide bonds. The van der Waals surface area contributed by atoms with Crippen molar-refractivity contribution in [1.82, 2.24) is 15.3 Å². The number of nitrogens with zero attached hydrogens (tertiary/aromatic N) is 2. The lowest BCUT2D eigenvalue weighted by Crippen LogP contribution is -2.35. The molecule has 2 heterocycles. The minimum Gasteiger partial charge on any atom is -0.377 e. The summed E-state index contributed by atoms with van der Waals surface area (Å²) in [5, 5.41) is 6.04. The fourth-order valence-electron chi connectivity index (χ4n) is 1.89. The van der Waals surface area contributed by atoms with Crippen molar-refractivity contribution in [2.75, 3.05) is 18.5 Å². The highest BCUT2D eigenvalue weighted by Crippen LogP contribution is 2.21. The van der Waals surface area contributed by atoms with Gasteiger partial charge in [0.25, 0.3) is 0 Å². The zero-order valence-corrected chi connectivity index (χ0v) is 15.4. The van der Waals surface area contributed by atoms with E-state index in [4.69, 9.17) is 4.74 Å². The van der Waals surface area contributed by atoms with Crippen LogP contribution in [0.3, 0.4) is 0 Å². The average molecular weight is 358 g/mol. The summed E-state index contributed by atoms with van der Waals surface area (Å²) in [4.78, 5) is 21.1. The second-order valence-corrected chi connectivity index (χ2v) is 6.43. The Balaban J connectivity index is 1.89. The molecule has 1 atom stereocenters. The highest BCUT2D eigenvalue weighted by Gasteiger charge is 2.10. The van der Waals surface area contributed by atoms with E-state index in [1.54, 1.807) is 12.4 Å². The third-order valence-electron chi connectivity index (χ3n) is 3.17. The monoisotopic (exact) mass is 358 g/mol. The van der Waals surface area contributed by atoms with Crippen LogP contribution in [-0.4, -0.2) is 35.3 Å². The molecule has 0 unspecified atom stereocenters. The molecule has 0 aromatic carbocycles. The molecule has 0 aliphatic heterocycles. The summed E-state index contributed by atoms with van der Waals surface area (Å²) in [5.41, 5.74) is 1.68. The van der Waals surface area contributed by atoms with E-state index in [9.17, 15) is 4.79 Å². The number of amides is 2. The second-order valence-electron chi connectivity index (χ2n) is 5.44. The SMILES string of the molecule is CCCO[C@@H](C)CNC(=O)Nc1nc(C)c(C#Cc2ccncc2)s1. The van der Waals surface area contributed by atoms with E-state index < -0.39 is 0 Å². The van der Waals surface area contributed by atoms with Gasteiger partial charge in [0.15, 0.2) is 5.13 Å². The molecule has 2 rings (SSSR count). The molecule has 0 bridgehead atoms. The number of hydrogen-bond donors (Lipinski definition) is 2. The highest BCUT2D eigenvalue weighted by atomic mass is 32.1. The lowest BCUT2D eigenvalue weighted by molar-refractivity contribution is 0.0682. The molecule has 0 saturated heterocycles. The number of anilines is 1. The van der Waals surface area contributed by atoms with Crippen LogP contribution in [0.15, 0.2) is 24.5 Å². The molecule has 0 fully saturated rings. The first-order valence-electron chi connectivity index (χ1n) is 8.14. The Kier molecular flexibility index (Phi) is 7.38. The standard InChI is InChI=1S/C18H22N4O2S/c1-4-11-24-13(2)12-20-17(23)22-18-21-14(3)16(25-18)6-5-15-7-9-19-10-8-15/h7-10,13H,4,11-12H2,1-3H3,(H2,20,21,22,23)/t13-/m0/s1. The van der Waals surface area contributed by atoms with Crippen LogP contribution >= 0.6 is 11.3 Å². The maximum Gasteiger partial charge on any atom is 0.321 e. The molecule has 7 heteroatoms. The van der Waals surface area contributed by atoms with Crippen molar-refractivity contribution < 1.29 is 9.53 Å². The van der Waals surface area contributed by atoms with Gasteiger partial charge in [-0.15, -0.1) is 0 Å². The Bertz CT molecular complexity index is 749. The Hall–Kier alpha value is -2.43. The number of carbonyl (C=O) groups is 1. The normalized spacial score (nSPS) is 11.3. The molecule has 0 aliphatic carbocycles. The highest BCUT2D eigenvalue weighted by molar-refractivity contribution is 7.16. The summed E-state index contributed by atoms with van der Waals surface area (Å²) >= 11 is 1.35. The molecule has 2 aromatic rings. The van der Waals surface area contributed by atoms with Gasteiger partial charge >= 0.3 is 6.03 Å². The maximum atomic E-state index is 11.9. The Morgan fingerprint density at radius 1 is 1.36 bits per heavy atom. The van der Waals surface area contributed by atoms with Gasteiger partial charge in [0.1, 0.15) is 4.88 Å².